The zero-order valence-corrected chi connectivity index (χ0v) is 10.7. The number of rotatable bonds is 2. The van der Waals surface area contributed by atoms with Gasteiger partial charge in [0.15, 0.2) is 5.78 Å². The molecule has 2 rings (SSSR count). The van der Waals surface area contributed by atoms with E-state index in [4.69, 9.17) is 11.6 Å². The highest BCUT2D eigenvalue weighted by Gasteiger charge is 2.14. The van der Waals surface area contributed by atoms with E-state index in [-0.39, 0.29) is 5.78 Å². The minimum atomic E-state index is 0.0178. The normalized spacial score (nSPS) is 10.6. The van der Waals surface area contributed by atoms with Gasteiger partial charge in [0.2, 0.25) is 0 Å². The molecule has 0 spiro atoms. The Kier molecular flexibility index (Phi) is 3.03. The number of Topliss-reactive ketones (excluding diaryl/α,β-unsaturated/α-hetero) is 1. The van der Waals surface area contributed by atoms with Gasteiger partial charge in [0.25, 0.3) is 0 Å². The van der Waals surface area contributed by atoms with Crippen molar-refractivity contribution in [3.8, 4) is 5.69 Å². The lowest BCUT2D eigenvalue weighted by atomic mass is 10.1. The Bertz CT molecular complexity index is 587. The highest BCUT2D eigenvalue weighted by atomic mass is 35.5. The molecule has 0 atom stereocenters. The van der Waals surface area contributed by atoms with Crippen molar-refractivity contribution in [1.29, 1.82) is 0 Å². The standard InChI is InChI=1S/C13H13ClN2O/c1-8-13(14)9(2)16(15-8)12-7-5-4-6-11(12)10(3)17/h4-7H,1-3H3. The molecule has 3 nitrogen and oxygen atoms in total. The van der Waals surface area contributed by atoms with Crippen molar-refractivity contribution in [1.82, 2.24) is 9.78 Å². The van der Waals surface area contributed by atoms with Crippen LogP contribution >= 0.6 is 11.6 Å². The molecule has 2 aromatic rings. The molecular weight excluding hydrogens is 236 g/mol. The van der Waals surface area contributed by atoms with E-state index in [0.717, 1.165) is 17.1 Å². The number of carbonyl (C=O) groups is 1. The molecule has 0 saturated carbocycles. The van der Waals surface area contributed by atoms with Crippen molar-refractivity contribution in [2.24, 2.45) is 0 Å². The van der Waals surface area contributed by atoms with Crippen LogP contribution in [-0.4, -0.2) is 15.6 Å². The molecule has 0 unspecified atom stereocenters. The molecule has 17 heavy (non-hydrogen) atoms. The maximum Gasteiger partial charge on any atom is 0.161 e. The van der Waals surface area contributed by atoms with Gasteiger partial charge < -0.3 is 0 Å². The number of ketones is 1. The minimum Gasteiger partial charge on any atom is -0.294 e. The summed E-state index contributed by atoms with van der Waals surface area (Å²) in [5.41, 5.74) is 3.03. The Morgan fingerprint density at radius 1 is 1.29 bits per heavy atom. The van der Waals surface area contributed by atoms with Gasteiger partial charge in [-0.2, -0.15) is 5.10 Å². The molecule has 0 aliphatic heterocycles. The molecular formula is C13H13ClN2O. The Labute approximate surface area is 105 Å². The average molecular weight is 249 g/mol. The van der Waals surface area contributed by atoms with Crippen LogP contribution in [0.4, 0.5) is 0 Å². The Hall–Kier alpha value is -1.61. The van der Waals surface area contributed by atoms with Gasteiger partial charge in [-0.15, -0.1) is 0 Å². The van der Waals surface area contributed by atoms with Crippen molar-refractivity contribution in [3.05, 3.63) is 46.2 Å². The molecule has 1 aromatic carbocycles. The number of benzene rings is 1. The van der Waals surface area contributed by atoms with Crippen molar-refractivity contribution < 1.29 is 4.79 Å². The first kappa shape index (κ1) is 11.9. The van der Waals surface area contributed by atoms with Crippen LogP contribution in [0.5, 0.6) is 0 Å². The maximum absolute atomic E-state index is 11.6. The van der Waals surface area contributed by atoms with E-state index >= 15 is 0 Å². The third-order valence-electron chi connectivity index (χ3n) is 2.71. The van der Waals surface area contributed by atoms with Gasteiger partial charge in [-0.3, -0.25) is 4.79 Å². The predicted molar refractivity (Wildman–Crippen MR) is 68.1 cm³/mol. The lowest BCUT2D eigenvalue weighted by Crippen LogP contribution is -2.06. The van der Waals surface area contributed by atoms with E-state index in [1.165, 1.54) is 0 Å². The summed E-state index contributed by atoms with van der Waals surface area (Å²) in [6.07, 6.45) is 0. The summed E-state index contributed by atoms with van der Waals surface area (Å²) in [6, 6.07) is 7.38. The van der Waals surface area contributed by atoms with Gasteiger partial charge in [-0.05, 0) is 32.9 Å². The van der Waals surface area contributed by atoms with Crippen LogP contribution in [0.1, 0.15) is 28.7 Å². The largest absolute Gasteiger partial charge is 0.294 e. The quantitative estimate of drug-likeness (QED) is 0.764. The maximum atomic E-state index is 11.6. The molecule has 0 fully saturated rings. The lowest BCUT2D eigenvalue weighted by molar-refractivity contribution is 0.101. The van der Waals surface area contributed by atoms with Crippen LogP contribution in [0.25, 0.3) is 5.69 Å². The van der Waals surface area contributed by atoms with Gasteiger partial charge >= 0.3 is 0 Å². The number of para-hydroxylation sites is 1. The summed E-state index contributed by atoms with van der Waals surface area (Å²) in [5.74, 6) is 0.0178. The number of hydrogen-bond acceptors (Lipinski definition) is 2. The molecule has 88 valence electrons. The van der Waals surface area contributed by atoms with Crippen LogP contribution in [0.2, 0.25) is 5.02 Å². The summed E-state index contributed by atoms with van der Waals surface area (Å²) in [5, 5.41) is 5.00. The SMILES string of the molecule is CC(=O)c1ccccc1-n1nc(C)c(Cl)c1C. The molecule has 0 radical (unpaired) electrons. The van der Waals surface area contributed by atoms with E-state index in [2.05, 4.69) is 5.10 Å². The number of hydrogen-bond donors (Lipinski definition) is 0. The number of aromatic nitrogens is 2. The topological polar surface area (TPSA) is 34.9 Å². The monoisotopic (exact) mass is 248 g/mol. The first-order valence-corrected chi connectivity index (χ1v) is 5.72. The molecule has 0 aliphatic carbocycles. The van der Waals surface area contributed by atoms with E-state index in [1.54, 1.807) is 17.7 Å². The third-order valence-corrected chi connectivity index (χ3v) is 3.26. The van der Waals surface area contributed by atoms with Crippen LogP contribution in [0, 0.1) is 13.8 Å². The van der Waals surface area contributed by atoms with E-state index in [1.807, 2.05) is 32.0 Å². The average Bonchev–Trinajstić information content (AvgIpc) is 2.57. The van der Waals surface area contributed by atoms with Gasteiger partial charge in [-0.1, -0.05) is 23.7 Å². The van der Waals surface area contributed by atoms with Crippen LogP contribution in [0.3, 0.4) is 0 Å². The van der Waals surface area contributed by atoms with Gasteiger partial charge in [0.05, 0.1) is 22.1 Å². The summed E-state index contributed by atoms with van der Waals surface area (Å²) in [7, 11) is 0. The number of halogens is 1. The first-order chi connectivity index (χ1) is 8.02. The van der Waals surface area contributed by atoms with Crippen LogP contribution in [0.15, 0.2) is 24.3 Å². The Morgan fingerprint density at radius 2 is 1.94 bits per heavy atom. The number of aryl methyl sites for hydroxylation is 1. The van der Waals surface area contributed by atoms with Gasteiger partial charge in [0.1, 0.15) is 0 Å². The fourth-order valence-electron chi connectivity index (χ4n) is 1.81. The molecule has 0 bridgehead atoms. The van der Waals surface area contributed by atoms with Crippen molar-refractivity contribution in [3.63, 3.8) is 0 Å². The van der Waals surface area contributed by atoms with Crippen molar-refractivity contribution in [2.75, 3.05) is 0 Å². The first-order valence-electron chi connectivity index (χ1n) is 5.34. The Balaban J connectivity index is 2.68. The summed E-state index contributed by atoms with van der Waals surface area (Å²) < 4.78 is 1.72. The molecule has 0 saturated heterocycles. The van der Waals surface area contributed by atoms with E-state index < -0.39 is 0 Å². The van der Waals surface area contributed by atoms with Gasteiger partial charge in [-0.25, -0.2) is 4.68 Å². The molecule has 0 N–H and O–H groups in total. The predicted octanol–water partition coefficient (Wildman–Crippen LogP) is 3.35. The second-order valence-corrected chi connectivity index (χ2v) is 4.35. The third kappa shape index (κ3) is 1.98. The van der Waals surface area contributed by atoms with Gasteiger partial charge in [0, 0.05) is 5.56 Å². The highest BCUT2D eigenvalue weighted by Crippen LogP contribution is 2.24. The molecule has 0 aliphatic rings. The molecule has 1 heterocycles. The zero-order valence-electron chi connectivity index (χ0n) is 9.99. The minimum absolute atomic E-state index is 0.0178. The second kappa shape index (κ2) is 4.34. The number of nitrogens with zero attached hydrogens (tertiary/aromatic N) is 2. The van der Waals surface area contributed by atoms with Crippen molar-refractivity contribution in [2.45, 2.75) is 20.8 Å². The molecule has 0 amide bonds. The zero-order chi connectivity index (χ0) is 12.6. The smallest absolute Gasteiger partial charge is 0.161 e. The lowest BCUT2D eigenvalue weighted by Gasteiger charge is -2.08. The number of carbonyl (C=O) groups excluding carboxylic acids is 1. The Morgan fingerprint density at radius 3 is 2.47 bits per heavy atom. The fraction of sp³-hybridized carbons (Fsp3) is 0.231. The van der Waals surface area contributed by atoms with E-state index in [9.17, 15) is 4.79 Å². The summed E-state index contributed by atoms with van der Waals surface area (Å²) in [4.78, 5) is 11.6. The second-order valence-electron chi connectivity index (χ2n) is 3.97. The fourth-order valence-corrected chi connectivity index (χ4v) is 1.93. The van der Waals surface area contributed by atoms with Crippen LogP contribution < -0.4 is 0 Å². The van der Waals surface area contributed by atoms with Crippen molar-refractivity contribution >= 4 is 17.4 Å². The highest BCUT2D eigenvalue weighted by molar-refractivity contribution is 6.31. The van der Waals surface area contributed by atoms with E-state index in [0.29, 0.717) is 10.6 Å². The summed E-state index contributed by atoms with van der Waals surface area (Å²) in [6.45, 7) is 5.29. The van der Waals surface area contributed by atoms with Crippen LogP contribution in [-0.2, 0) is 0 Å². The molecule has 4 heteroatoms. The summed E-state index contributed by atoms with van der Waals surface area (Å²) >= 11 is 6.11. The molecule has 1 aromatic heterocycles.